The van der Waals surface area contributed by atoms with Gasteiger partial charge in [-0.05, 0) is 43.9 Å². The molecule has 1 amide bonds. The quantitative estimate of drug-likeness (QED) is 0.684. The molecule has 1 aromatic rings. The lowest BCUT2D eigenvalue weighted by Gasteiger charge is -2.34. The van der Waals surface area contributed by atoms with Gasteiger partial charge in [-0.25, -0.2) is 0 Å². The fraction of sp³-hybridized carbons (Fsp3) is 0.579. The molecule has 160 valence electrons. The molecule has 0 radical (unpaired) electrons. The number of hydrogen-bond donors (Lipinski definition) is 1. The maximum absolute atomic E-state index is 13.7. The third kappa shape index (κ3) is 4.49. The molecule has 10 heteroatoms. The molecule has 2 aliphatic rings. The van der Waals surface area contributed by atoms with Gasteiger partial charge in [0.1, 0.15) is 5.75 Å². The molecule has 1 aliphatic carbocycles. The Balaban J connectivity index is 1.84. The molecule has 0 bridgehead atoms. The summed E-state index contributed by atoms with van der Waals surface area (Å²) in [4.78, 5) is 12.8. The molecule has 0 aromatic heterocycles. The summed E-state index contributed by atoms with van der Waals surface area (Å²) in [6, 6.07) is 4.27. The highest BCUT2D eigenvalue weighted by Crippen LogP contribution is 2.43. The van der Waals surface area contributed by atoms with E-state index in [0.29, 0.717) is 17.9 Å². The van der Waals surface area contributed by atoms with Crippen LogP contribution in [0, 0.1) is 5.92 Å². The number of halogens is 5. The van der Waals surface area contributed by atoms with Crippen molar-refractivity contribution in [3.63, 3.8) is 0 Å². The van der Waals surface area contributed by atoms with E-state index in [1.807, 2.05) is 0 Å². The van der Waals surface area contributed by atoms with Gasteiger partial charge in [0, 0.05) is 17.2 Å². The van der Waals surface area contributed by atoms with Gasteiger partial charge in [0.25, 0.3) is 11.6 Å². The second-order valence-electron chi connectivity index (χ2n) is 7.40. The standard InChI is InChI=1S/C19H21Cl2F3N2O3/c1-11(29-16-8-7-13(20)9-14(16)21)17(27)26-18(28,19(22,23)24)10-15(25-26)12-5-3-2-4-6-12/h7-9,11-12,28H,2-6,10H2,1H3/t11-,18+/m0/s1. The third-order valence-electron chi connectivity index (χ3n) is 5.29. The van der Waals surface area contributed by atoms with Crippen LogP contribution in [0.1, 0.15) is 45.4 Å². The number of aliphatic hydroxyl groups is 1. The smallest absolute Gasteiger partial charge is 0.438 e. The molecule has 2 atom stereocenters. The Hall–Kier alpha value is -1.51. The molecule has 0 saturated heterocycles. The normalized spacial score (nSPS) is 24.4. The van der Waals surface area contributed by atoms with Gasteiger partial charge in [-0.1, -0.05) is 42.5 Å². The van der Waals surface area contributed by atoms with Crippen molar-refractivity contribution >= 4 is 34.8 Å². The van der Waals surface area contributed by atoms with Crippen molar-refractivity contribution < 1.29 is 27.8 Å². The van der Waals surface area contributed by atoms with E-state index in [4.69, 9.17) is 27.9 Å². The summed E-state index contributed by atoms with van der Waals surface area (Å²) < 4.78 is 46.5. The molecular formula is C19H21Cl2F3N2O3. The van der Waals surface area contributed by atoms with Crippen LogP contribution in [0.15, 0.2) is 23.3 Å². The van der Waals surface area contributed by atoms with Crippen LogP contribution in [0.5, 0.6) is 5.75 Å². The minimum Gasteiger partial charge on any atom is -0.479 e. The van der Waals surface area contributed by atoms with E-state index in [-0.39, 0.29) is 27.4 Å². The summed E-state index contributed by atoms with van der Waals surface area (Å²) in [5, 5.41) is 14.9. The number of hydrazone groups is 1. The minimum atomic E-state index is -5.07. The Labute approximate surface area is 176 Å². The highest BCUT2D eigenvalue weighted by atomic mass is 35.5. The molecule has 1 fully saturated rings. The Bertz CT molecular complexity index is 812. The van der Waals surface area contributed by atoms with Gasteiger partial charge in [0.15, 0.2) is 6.10 Å². The Kier molecular flexibility index (Phi) is 6.36. The van der Waals surface area contributed by atoms with Crippen LogP contribution in [-0.4, -0.2) is 39.7 Å². The van der Waals surface area contributed by atoms with Crippen LogP contribution >= 0.6 is 23.2 Å². The number of ether oxygens (including phenoxy) is 1. The molecule has 0 spiro atoms. The molecule has 29 heavy (non-hydrogen) atoms. The molecule has 1 saturated carbocycles. The zero-order chi connectivity index (χ0) is 21.4. The molecular weight excluding hydrogens is 432 g/mol. The lowest BCUT2D eigenvalue weighted by Crippen LogP contribution is -2.58. The van der Waals surface area contributed by atoms with Crippen molar-refractivity contribution in [1.82, 2.24) is 5.01 Å². The topological polar surface area (TPSA) is 62.1 Å². The number of rotatable bonds is 4. The molecule has 5 nitrogen and oxygen atoms in total. The van der Waals surface area contributed by atoms with E-state index < -0.39 is 30.3 Å². The highest BCUT2D eigenvalue weighted by Gasteiger charge is 2.64. The fourth-order valence-electron chi connectivity index (χ4n) is 3.67. The first-order chi connectivity index (χ1) is 13.5. The van der Waals surface area contributed by atoms with Gasteiger partial charge in [-0.2, -0.15) is 23.3 Å². The van der Waals surface area contributed by atoms with Crippen LogP contribution < -0.4 is 4.74 Å². The number of hydrogen-bond acceptors (Lipinski definition) is 4. The van der Waals surface area contributed by atoms with Gasteiger partial charge < -0.3 is 9.84 Å². The molecule has 0 unspecified atom stereocenters. The van der Waals surface area contributed by atoms with Crippen molar-refractivity contribution in [1.29, 1.82) is 0 Å². The lowest BCUT2D eigenvalue weighted by atomic mass is 9.83. The minimum absolute atomic E-state index is 0.0862. The molecule has 1 N–H and O–H groups in total. The Morgan fingerprint density at radius 3 is 2.55 bits per heavy atom. The summed E-state index contributed by atoms with van der Waals surface area (Å²) in [7, 11) is 0. The summed E-state index contributed by atoms with van der Waals surface area (Å²) in [6.07, 6.45) is -3.00. The van der Waals surface area contributed by atoms with Crippen LogP contribution in [0.3, 0.4) is 0 Å². The molecule has 1 aliphatic heterocycles. The monoisotopic (exact) mass is 452 g/mol. The van der Waals surface area contributed by atoms with Gasteiger partial charge in [-0.15, -0.1) is 0 Å². The van der Waals surface area contributed by atoms with Crippen LogP contribution in [0.2, 0.25) is 10.0 Å². The first kappa shape index (κ1) is 22.2. The summed E-state index contributed by atoms with van der Waals surface area (Å²) in [5.41, 5.74) is -3.19. The summed E-state index contributed by atoms with van der Waals surface area (Å²) in [5.74, 6) is -1.19. The second-order valence-corrected chi connectivity index (χ2v) is 8.25. The van der Waals surface area contributed by atoms with Crippen molar-refractivity contribution in [2.24, 2.45) is 11.0 Å². The predicted octanol–water partition coefficient (Wildman–Crippen LogP) is 5.18. The zero-order valence-corrected chi connectivity index (χ0v) is 17.2. The number of benzene rings is 1. The average Bonchev–Trinajstić information content (AvgIpc) is 3.03. The maximum atomic E-state index is 13.7. The predicted molar refractivity (Wildman–Crippen MR) is 103 cm³/mol. The van der Waals surface area contributed by atoms with Crippen molar-refractivity contribution in [2.75, 3.05) is 0 Å². The summed E-state index contributed by atoms with van der Waals surface area (Å²) in [6.45, 7) is 1.28. The maximum Gasteiger partial charge on any atom is 0.438 e. The van der Waals surface area contributed by atoms with Crippen LogP contribution in [-0.2, 0) is 4.79 Å². The van der Waals surface area contributed by atoms with E-state index in [1.54, 1.807) is 0 Å². The Morgan fingerprint density at radius 1 is 1.31 bits per heavy atom. The SMILES string of the molecule is C[C@H](Oc1ccc(Cl)cc1Cl)C(=O)N1N=C(C2CCCCC2)C[C@@]1(O)C(F)(F)F. The van der Waals surface area contributed by atoms with Gasteiger partial charge >= 0.3 is 6.18 Å². The number of amides is 1. The number of alkyl halides is 3. The lowest BCUT2D eigenvalue weighted by molar-refractivity contribution is -0.303. The van der Waals surface area contributed by atoms with E-state index in [0.717, 1.165) is 19.3 Å². The van der Waals surface area contributed by atoms with E-state index >= 15 is 0 Å². The Morgan fingerprint density at radius 2 is 1.97 bits per heavy atom. The van der Waals surface area contributed by atoms with Crippen molar-refractivity contribution in [2.45, 2.75) is 63.5 Å². The molecule has 1 heterocycles. The molecule has 1 aromatic carbocycles. The highest BCUT2D eigenvalue weighted by molar-refractivity contribution is 6.35. The zero-order valence-electron chi connectivity index (χ0n) is 15.7. The average molecular weight is 453 g/mol. The van der Waals surface area contributed by atoms with Crippen molar-refractivity contribution in [3.8, 4) is 5.75 Å². The summed E-state index contributed by atoms with van der Waals surface area (Å²) >= 11 is 11.8. The van der Waals surface area contributed by atoms with Crippen molar-refractivity contribution in [3.05, 3.63) is 28.2 Å². The van der Waals surface area contributed by atoms with Gasteiger partial charge in [0.05, 0.1) is 5.02 Å². The van der Waals surface area contributed by atoms with E-state index in [1.165, 1.54) is 25.1 Å². The van der Waals surface area contributed by atoms with Gasteiger partial charge in [-0.3, -0.25) is 4.79 Å². The van der Waals surface area contributed by atoms with Gasteiger partial charge in [0.2, 0.25) is 0 Å². The second kappa shape index (κ2) is 8.32. The molecule has 3 rings (SSSR count). The number of nitrogens with zero attached hydrogens (tertiary/aromatic N) is 2. The number of carbonyl (C=O) groups is 1. The first-order valence-corrected chi connectivity index (χ1v) is 10.1. The fourth-order valence-corrected chi connectivity index (χ4v) is 4.12. The van der Waals surface area contributed by atoms with E-state index in [2.05, 4.69) is 5.10 Å². The largest absolute Gasteiger partial charge is 0.479 e. The number of carbonyl (C=O) groups excluding carboxylic acids is 1. The van der Waals surface area contributed by atoms with Crippen LogP contribution in [0.4, 0.5) is 13.2 Å². The van der Waals surface area contributed by atoms with Crippen LogP contribution in [0.25, 0.3) is 0 Å². The third-order valence-corrected chi connectivity index (χ3v) is 5.82. The van der Waals surface area contributed by atoms with E-state index in [9.17, 15) is 23.1 Å². The first-order valence-electron chi connectivity index (χ1n) is 9.35.